The van der Waals surface area contributed by atoms with Gasteiger partial charge in [0.05, 0.1) is 12.3 Å². The van der Waals surface area contributed by atoms with Gasteiger partial charge in [0.2, 0.25) is 5.91 Å². The average Bonchev–Trinajstić information content (AvgIpc) is 2.86. The molecule has 0 fully saturated rings. The SMILES string of the molecule is O=C1CCC(c2ccc(N3CC=NC3=O)cc2)=NN1. The summed E-state index contributed by atoms with van der Waals surface area (Å²) in [7, 11) is 0. The van der Waals surface area contributed by atoms with Crippen molar-refractivity contribution in [2.24, 2.45) is 10.1 Å². The average molecular weight is 256 g/mol. The molecule has 0 spiro atoms. The van der Waals surface area contributed by atoms with E-state index in [9.17, 15) is 9.59 Å². The van der Waals surface area contributed by atoms with Gasteiger partial charge in [-0.1, -0.05) is 12.1 Å². The molecule has 1 aromatic rings. The number of nitrogens with one attached hydrogen (secondary N) is 1. The number of benzene rings is 1. The number of nitrogens with zero attached hydrogens (tertiary/aromatic N) is 3. The van der Waals surface area contributed by atoms with Gasteiger partial charge in [0.25, 0.3) is 0 Å². The maximum absolute atomic E-state index is 11.5. The first-order valence-corrected chi connectivity index (χ1v) is 6.04. The predicted octanol–water partition coefficient (Wildman–Crippen LogP) is 1.31. The largest absolute Gasteiger partial charge is 0.348 e. The van der Waals surface area contributed by atoms with Crippen molar-refractivity contribution in [3.05, 3.63) is 29.8 Å². The molecule has 0 saturated carbocycles. The maximum atomic E-state index is 11.5. The van der Waals surface area contributed by atoms with Crippen LogP contribution in [0.4, 0.5) is 10.5 Å². The highest BCUT2D eigenvalue weighted by atomic mass is 16.2. The van der Waals surface area contributed by atoms with Crippen LogP contribution in [-0.4, -0.2) is 30.4 Å². The lowest BCUT2D eigenvalue weighted by atomic mass is 10.0. The summed E-state index contributed by atoms with van der Waals surface area (Å²) >= 11 is 0. The molecule has 2 aliphatic rings. The van der Waals surface area contributed by atoms with Gasteiger partial charge >= 0.3 is 6.03 Å². The zero-order chi connectivity index (χ0) is 13.2. The Kier molecular flexibility index (Phi) is 2.83. The summed E-state index contributed by atoms with van der Waals surface area (Å²) in [4.78, 5) is 27.8. The molecule has 0 radical (unpaired) electrons. The van der Waals surface area contributed by atoms with Crippen LogP contribution in [0.15, 0.2) is 34.4 Å². The quantitative estimate of drug-likeness (QED) is 0.866. The Morgan fingerprint density at radius 3 is 2.47 bits per heavy atom. The summed E-state index contributed by atoms with van der Waals surface area (Å²) in [5.41, 5.74) is 5.10. The third kappa shape index (κ3) is 2.24. The zero-order valence-corrected chi connectivity index (χ0v) is 10.2. The molecule has 0 aromatic heterocycles. The molecule has 0 saturated heterocycles. The molecular weight excluding hydrogens is 244 g/mol. The first kappa shape index (κ1) is 11.6. The van der Waals surface area contributed by atoms with E-state index in [4.69, 9.17) is 0 Å². The molecule has 0 aliphatic carbocycles. The molecule has 0 atom stereocenters. The molecule has 0 bridgehead atoms. The van der Waals surface area contributed by atoms with Crippen molar-refractivity contribution in [1.29, 1.82) is 0 Å². The van der Waals surface area contributed by atoms with E-state index >= 15 is 0 Å². The molecule has 2 heterocycles. The second-order valence-electron chi connectivity index (χ2n) is 4.35. The summed E-state index contributed by atoms with van der Waals surface area (Å²) in [6.07, 6.45) is 2.69. The van der Waals surface area contributed by atoms with Crippen LogP contribution in [0.2, 0.25) is 0 Å². The summed E-state index contributed by atoms with van der Waals surface area (Å²) in [6.45, 7) is 0.509. The van der Waals surface area contributed by atoms with Gasteiger partial charge < -0.3 is 0 Å². The van der Waals surface area contributed by atoms with Gasteiger partial charge in [0.15, 0.2) is 0 Å². The first-order valence-electron chi connectivity index (χ1n) is 6.04. The number of hydrazone groups is 1. The van der Waals surface area contributed by atoms with E-state index in [1.807, 2.05) is 24.3 Å². The number of aliphatic imine (C=N–C) groups is 1. The van der Waals surface area contributed by atoms with Crippen molar-refractivity contribution in [2.75, 3.05) is 11.4 Å². The number of carbonyl (C=O) groups is 2. The van der Waals surface area contributed by atoms with Crippen molar-refractivity contribution in [3.63, 3.8) is 0 Å². The zero-order valence-electron chi connectivity index (χ0n) is 10.2. The van der Waals surface area contributed by atoms with Crippen molar-refractivity contribution in [3.8, 4) is 0 Å². The monoisotopic (exact) mass is 256 g/mol. The summed E-state index contributed by atoms with van der Waals surface area (Å²) < 4.78 is 0. The molecule has 6 nitrogen and oxygen atoms in total. The van der Waals surface area contributed by atoms with Crippen LogP contribution < -0.4 is 10.3 Å². The van der Waals surface area contributed by atoms with Gasteiger partial charge in [0, 0.05) is 24.7 Å². The highest BCUT2D eigenvalue weighted by molar-refractivity contribution is 6.06. The van der Waals surface area contributed by atoms with Gasteiger partial charge in [-0.25, -0.2) is 15.2 Å². The molecule has 96 valence electrons. The summed E-state index contributed by atoms with van der Waals surface area (Å²) in [5, 5.41) is 4.03. The van der Waals surface area contributed by atoms with E-state index < -0.39 is 0 Å². The predicted molar refractivity (Wildman–Crippen MR) is 71.6 cm³/mol. The van der Waals surface area contributed by atoms with Gasteiger partial charge in [-0.2, -0.15) is 5.10 Å². The first-order chi connectivity index (χ1) is 9.24. The Hall–Kier alpha value is -2.50. The number of hydrogen-bond donors (Lipinski definition) is 1. The van der Waals surface area contributed by atoms with Gasteiger partial charge in [-0.15, -0.1) is 0 Å². The Morgan fingerprint density at radius 2 is 1.89 bits per heavy atom. The van der Waals surface area contributed by atoms with Crippen molar-refractivity contribution in [2.45, 2.75) is 12.8 Å². The van der Waals surface area contributed by atoms with Crippen LogP contribution in [0, 0.1) is 0 Å². The normalized spacial score (nSPS) is 18.5. The third-order valence-corrected chi connectivity index (χ3v) is 3.11. The van der Waals surface area contributed by atoms with Crippen LogP contribution in [-0.2, 0) is 4.79 Å². The van der Waals surface area contributed by atoms with Crippen molar-refractivity contribution >= 4 is 29.6 Å². The van der Waals surface area contributed by atoms with Gasteiger partial charge in [0.1, 0.15) is 0 Å². The fraction of sp³-hybridized carbons (Fsp3) is 0.231. The minimum Gasteiger partial charge on any atom is -0.287 e. The van der Waals surface area contributed by atoms with E-state index in [0.29, 0.717) is 19.4 Å². The third-order valence-electron chi connectivity index (χ3n) is 3.11. The Morgan fingerprint density at radius 1 is 1.11 bits per heavy atom. The molecule has 3 rings (SSSR count). The molecule has 1 aromatic carbocycles. The Labute approximate surface area is 109 Å². The lowest BCUT2D eigenvalue weighted by Crippen LogP contribution is -2.26. The molecule has 0 unspecified atom stereocenters. The lowest BCUT2D eigenvalue weighted by Gasteiger charge is -2.16. The smallest absolute Gasteiger partial charge is 0.287 e. The second-order valence-corrected chi connectivity index (χ2v) is 4.35. The molecular formula is C13H12N4O2. The fourth-order valence-corrected chi connectivity index (χ4v) is 2.08. The van der Waals surface area contributed by atoms with E-state index in [1.165, 1.54) is 0 Å². The molecule has 3 amide bonds. The van der Waals surface area contributed by atoms with E-state index in [2.05, 4.69) is 15.5 Å². The second kappa shape index (κ2) is 4.64. The van der Waals surface area contributed by atoms with Crippen molar-refractivity contribution in [1.82, 2.24) is 5.43 Å². The Balaban J connectivity index is 1.79. The number of urea groups is 1. The van der Waals surface area contributed by atoms with Crippen molar-refractivity contribution < 1.29 is 9.59 Å². The minimum absolute atomic E-state index is 0.0554. The van der Waals surface area contributed by atoms with Crippen LogP contribution in [0.1, 0.15) is 18.4 Å². The van der Waals surface area contributed by atoms with Crippen LogP contribution in [0.25, 0.3) is 0 Å². The van der Waals surface area contributed by atoms with Gasteiger partial charge in [-0.05, 0) is 17.7 Å². The fourth-order valence-electron chi connectivity index (χ4n) is 2.08. The Bertz CT molecular complexity index is 589. The standard InChI is InChI=1S/C13H12N4O2/c18-12-6-5-11(15-16-12)9-1-3-10(4-2-9)17-8-7-14-13(17)19/h1-4,7H,5-6,8H2,(H,16,18). The van der Waals surface area contributed by atoms with Gasteiger partial charge in [-0.3, -0.25) is 9.69 Å². The highest BCUT2D eigenvalue weighted by Gasteiger charge is 2.19. The van der Waals surface area contributed by atoms with Crippen LogP contribution in [0.3, 0.4) is 0 Å². The minimum atomic E-state index is -0.241. The number of anilines is 1. The van der Waals surface area contributed by atoms with E-state index in [0.717, 1.165) is 17.0 Å². The summed E-state index contributed by atoms with van der Waals surface area (Å²) in [5.74, 6) is -0.0554. The molecule has 6 heteroatoms. The van der Waals surface area contributed by atoms with Crippen LogP contribution in [0.5, 0.6) is 0 Å². The highest BCUT2D eigenvalue weighted by Crippen LogP contribution is 2.19. The molecule has 19 heavy (non-hydrogen) atoms. The molecule has 2 aliphatic heterocycles. The topological polar surface area (TPSA) is 74.1 Å². The molecule has 1 N–H and O–H groups in total. The van der Waals surface area contributed by atoms with E-state index in [1.54, 1.807) is 11.1 Å². The lowest BCUT2D eigenvalue weighted by molar-refractivity contribution is -0.121. The number of amides is 3. The number of hydrogen-bond acceptors (Lipinski definition) is 3. The maximum Gasteiger partial charge on any atom is 0.348 e. The van der Waals surface area contributed by atoms with Crippen LogP contribution >= 0.6 is 0 Å². The number of carbonyl (C=O) groups excluding carboxylic acids is 2. The number of rotatable bonds is 2. The summed E-state index contributed by atoms with van der Waals surface area (Å²) in [6, 6.07) is 7.28. The van der Waals surface area contributed by atoms with E-state index in [-0.39, 0.29) is 11.9 Å².